The standard InChI is InChI=1S/C12H14N2O/c1-9-3-5-12(6-4-9)14-7-11(8-15)10(2)13-14/h3-7,15H,8H2,1-2H3. The number of aliphatic hydroxyl groups is 1. The fourth-order valence-corrected chi connectivity index (χ4v) is 1.48. The topological polar surface area (TPSA) is 38.0 Å². The zero-order valence-corrected chi connectivity index (χ0v) is 8.94. The molecule has 0 aliphatic rings. The van der Waals surface area contributed by atoms with Gasteiger partial charge in [0.2, 0.25) is 0 Å². The summed E-state index contributed by atoms with van der Waals surface area (Å²) in [6.07, 6.45) is 1.86. The molecule has 0 saturated carbocycles. The zero-order chi connectivity index (χ0) is 10.8. The fourth-order valence-electron chi connectivity index (χ4n) is 1.48. The highest BCUT2D eigenvalue weighted by Crippen LogP contribution is 2.12. The van der Waals surface area contributed by atoms with Gasteiger partial charge in [0, 0.05) is 11.8 Å². The maximum Gasteiger partial charge on any atom is 0.0715 e. The van der Waals surface area contributed by atoms with Gasteiger partial charge in [-0.15, -0.1) is 0 Å². The van der Waals surface area contributed by atoms with Crippen LogP contribution in [0.2, 0.25) is 0 Å². The van der Waals surface area contributed by atoms with E-state index in [9.17, 15) is 0 Å². The van der Waals surface area contributed by atoms with Gasteiger partial charge in [0.25, 0.3) is 0 Å². The van der Waals surface area contributed by atoms with Crippen molar-refractivity contribution in [2.45, 2.75) is 20.5 Å². The van der Waals surface area contributed by atoms with Crippen LogP contribution in [0.15, 0.2) is 30.5 Å². The summed E-state index contributed by atoms with van der Waals surface area (Å²) in [5.74, 6) is 0. The molecule has 0 bridgehead atoms. The summed E-state index contributed by atoms with van der Waals surface area (Å²) in [5, 5.41) is 13.4. The van der Waals surface area contributed by atoms with Gasteiger partial charge >= 0.3 is 0 Å². The van der Waals surface area contributed by atoms with Crippen molar-refractivity contribution in [1.82, 2.24) is 9.78 Å². The molecule has 15 heavy (non-hydrogen) atoms. The zero-order valence-electron chi connectivity index (χ0n) is 8.94. The van der Waals surface area contributed by atoms with Crippen molar-refractivity contribution in [3.63, 3.8) is 0 Å². The summed E-state index contributed by atoms with van der Waals surface area (Å²) in [5.41, 5.74) is 3.99. The Morgan fingerprint density at radius 1 is 1.20 bits per heavy atom. The van der Waals surface area contributed by atoms with E-state index < -0.39 is 0 Å². The molecular weight excluding hydrogens is 188 g/mol. The van der Waals surface area contributed by atoms with E-state index in [-0.39, 0.29) is 6.61 Å². The monoisotopic (exact) mass is 202 g/mol. The second-order valence-corrected chi connectivity index (χ2v) is 3.68. The van der Waals surface area contributed by atoms with Gasteiger partial charge in [0.15, 0.2) is 0 Å². The van der Waals surface area contributed by atoms with Gasteiger partial charge in [-0.2, -0.15) is 5.10 Å². The first-order valence-corrected chi connectivity index (χ1v) is 4.94. The number of hydrogen-bond donors (Lipinski definition) is 1. The number of aliphatic hydroxyl groups excluding tert-OH is 1. The highest BCUT2D eigenvalue weighted by atomic mass is 16.3. The Bertz CT molecular complexity index is 457. The lowest BCUT2D eigenvalue weighted by atomic mass is 10.2. The van der Waals surface area contributed by atoms with E-state index in [2.05, 4.69) is 12.0 Å². The van der Waals surface area contributed by atoms with E-state index in [4.69, 9.17) is 5.11 Å². The van der Waals surface area contributed by atoms with Crippen molar-refractivity contribution in [3.8, 4) is 5.69 Å². The second-order valence-electron chi connectivity index (χ2n) is 3.68. The normalized spacial score (nSPS) is 10.6. The highest BCUT2D eigenvalue weighted by Gasteiger charge is 2.04. The van der Waals surface area contributed by atoms with Crippen molar-refractivity contribution in [3.05, 3.63) is 47.3 Å². The molecule has 0 aliphatic heterocycles. The first-order chi connectivity index (χ1) is 7.20. The Labute approximate surface area is 89.0 Å². The Balaban J connectivity index is 2.41. The first kappa shape index (κ1) is 9.93. The van der Waals surface area contributed by atoms with Gasteiger partial charge in [-0.05, 0) is 26.0 Å². The largest absolute Gasteiger partial charge is 0.392 e. The van der Waals surface area contributed by atoms with Crippen LogP contribution in [0.5, 0.6) is 0 Å². The predicted octanol–water partition coefficient (Wildman–Crippen LogP) is 1.98. The minimum atomic E-state index is 0.0394. The Morgan fingerprint density at radius 3 is 2.40 bits per heavy atom. The lowest BCUT2D eigenvalue weighted by molar-refractivity contribution is 0.281. The van der Waals surface area contributed by atoms with Crippen LogP contribution < -0.4 is 0 Å². The molecule has 0 atom stereocenters. The van der Waals surface area contributed by atoms with Crippen molar-refractivity contribution in [2.75, 3.05) is 0 Å². The molecule has 78 valence electrons. The SMILES string of the molecule is Cc1ccc(-n2cc(CO)c(C)n2)cc1. The maximum absolute atomic E-state index is 9.07. The minimum Gasteiger partial charge on any atom is -0.392 e. The quantitative estimate of drug-likeness (QED) is 0.808. The van der Waals surface area contributed by atoms with E-state index in [1.165, 1.54) is 5.56 Å². The molecule has 1 aromatic heterocycles. The molecule has 0 radical (unpaired) electrons. The molecule has 0 amide bonds. The van der Waals surface area contributed by atoms with E-state index in [0.29, 0.717) is 0 Å². The molecule has 0 saturated heterocycles. The van der Waals surface area contributed by atoms with Gasteiger partial charge in [0.05, 0.1) is 18.0 Å². The summed E-state index contributed by atoms with van der Waals surface area (Å²) >= 11 is 0. The highest BCUT2D eigenvalue weighted by molar-refractivity contribution is 5.34. The molecule has 3 heteroatoms. The van der Waals surface area contributed by atoms with Crippen LogP contribution in [0.4, 0.5) is 0 Å². The molecule has 0 unspecified atom stereocenters. The molecule has 1 aromatic carbocycles. The summed E-state index contributed by atoms with van der Waals surface area (Å²) in [6, 6.07) is 8.13. The third-order valence-electron chi connectivity index (χ3n) is 2.47. The van der Waals surface area contributed by atoms with Crippen LogP contribution >= 0.6 is 0 Å². The average molecular weight is 202 g/mol. The van der Waals surface area contributed by atoms with Crippen molar-refractivity contribution in [2.24, 2.45) is 0 Å². The number of aryl methyl sites for hydroxylation is 2. The van der Waals surface area contributed by atoms with Crippen LogP contribution in [0.3, 0.4) is 0 Å². The number of hydrogen-bond acceptors (Lipinski definition) is 2. The van der Waals surface area contributed by atoms with E-state index >= 15 is 0 Å². The Kier molecular flexibility index (Phi) is 2.56. The molecule has 1 N–H and O–H groups in total. The van der Waals surface area contributed by atoms with Gasteiger partial charge in [0.1, 0.15) is 0 Å². The maximum atomic E-state index is 9.07. The lowest BCUT2D eigenvalue weighted by Gasteiger charge is -2.00. The number of rotatable bonds is 2. The van der Waals surface area contributed by atoms with Gasteiger partial charge in [-0.25, -0.2) is 4.68 Å². The summed E-state index contributed by atoms with van der Waals surface area (Å²) in [7, 11) is 0. The van der Waals surface area contributed by atoms with E-state index in [1.54, 1.807) is 4.68 Å². The van der Waals surface area contributed by atoms with Crippen molar-refractivity contribution >= 4 is 0 Å². The third kappa shape index (κ3) is 1.92. The number of aromatic nitrogens is 2. The van der Waals surface area contributed by atoms with Crippen LogP contribution in [0.1, 0.15) is 16.8 Å². The van der Waals surface area contributed by atoms with Crippen LogP contribution in [-0.4, -0.2) is 14.9 Å². The molecule has 2 rings (SSSR count). The van der Waals surface area contributed by atoms with Crippen LogP contribution in [-0.2, 0) is 6.61 Å². The first-order valence-electron chi connectivity index (χ1n) is 4.94. The average Bonchev–Trinajstić information content (AvgIpc) is 2.61. The Hall–Kier alpha value is -1.61. The summed E-state index contributed by atoms with van der Waals surface area (Å²) < 4.78 is 1.79. The fraction of sp³-hybridized carbons (Fsp3) is 0.250. The van der Waals surface area contributed by atoms with E-state index in [0.717, 1.165) is 16.9 Å². The number of benzene rings is 1. The molecule has 0 spiro atoms. The molecule has 3 nitrogen and oxygen atoms in total. The van der Waals surface area contributed by atoms with Crippen molar-refractivity contribution in [1.29, 1.82) is 0 Å². The summed E-state index contributed by atoms with van der Waals surface area (Å²) in [4.78, 5) is 0. The predicted molar refractivity (Wildman–Crippen MR) is 59.0 cm³/mol. The molecule has 0 aliphatic carbocycles. The lowest BCUT2D eigenvalue weighted by Crippen LogP contribution is -1.94. The molecule has 0 fully saturated rings. The van der Waals surface area contributed by atoms with Crippen LogP contribution in [0, 0.1) is 13.8 Å². The van der Waals surface area contributed by atoms with E-state index in [1.807, 2.05) is 37.4 Å². The van der Waals surface area contributed by atoms with Crippen molar-refractivity contribution < 1.29 is 5.11 Å². The molecule has 2 aromatic rings. The second kappa shape index (κ2) is 3.87. The number of nitrogens with zero attached hydrogens (tertiary/aromatic N) is 2. The minimum absolute atomic E-state index is 0.0394. The van der Waals surface area contributed by atoms with Gasteiger partial charge in [-0.3, -0.25) is 0 Å². The third-order valence-corrected chi connectivity index (χ3v) is 2.47. The van der Waals surface area contributed by atoms with Gasteiger partial charge in [-0.1, -0.05) is 17.7 Å². The van der Waals surface area contributed by atoms with Crippen LogP contribution in [0.25, 0.3) is 5.69 Å². The molecular formula is C12H14N2O. The summed E-state index contributed by atoms with van der Waals surface area (Å²) in [6.45, 7) is 3.99. The Morgan fingerprint density at radius 2 is 1.87 bits per heavy atom. The van der Waals surface area contributed by atoms with Gasteiger partial charge < -0.3 is 5.11 Å². The smallest absolute Gasteiger partial charge is 0.0715 e. The molecule has 1 heterocycles.